The Balaban J connectivity index is 1.43. The van der Waals surface area contributed by atoms with Crippen LogP contribution in [0.2, 0.25) is 0 Å². The lowest BCUT2D eigenvalue weighted by molar-refractivity contribution is -0.139. The Morgan fingerprint density at radius 1 is 1.10 bits per heavy atom. The maximum Gasteiger partial charge on any atom is 0.305 e. The zero-order valence-electron chi connectivity index (χ0n) is 11.8. The fourth-order valence-corrected chi connectivity index (χ4v) is 5.71. The van der Waals surface area contributed by atoms with Crippen molar-refractivity contribution in [1.29, 1.82) is 0 Å². The van der Waals surface area contributed by atoms with Crippen LogP contribution in [0.3, 0.4) is 0 Å². The van der Waals surface area contributed by atoms with Crippen LogP contribution in [0.15, 0.2) is 0 Å². The quantitative estimate of drug-likeness (QED) is 0.827. The molecule has 0 radical (unpaired) electrons. The standard InChI is InChI=1S/C16H23NO3/c18-11(19)8-16(5-1-2-6-16)17-15(20)14-12-9-3-4-10(7-9)13(12)14/h9-10,12-14H,1-8H2,(H,17,20)(H,18,19). The fourth-order valence-electron chi connectivity index (χ4n) is 5.71. The van der Waals surface area contributed by atoms with Crippen molar-refractivity contribution >= 4 is 11.9 Å². The molecule has 4 unspecified atom stereocenters. The van der Waals surface area contributed by atoms with Gasteiger partial charge in [0, 0.05) is 5.92 Å². The van der Waals surface area contributed by atoms with Gasteiger partial charge in [-0.3, -0.25) is 9.59 Å². The summed E-state index contributed by atoms with van der Waals surface area (Å²) in [6.45, 7) is 0. The molecule has 4 nitrogen and oxygen atoms in total. The average molecular weight is 277 g/mol. The number of fused-ring (bicyclic) bond motifs is 5. The van der Waals surface area contributed by atoms with E-state index in [1.807, 2.05) is 0 Å². The van der Waals surface area contributed by atoms with Crippen LogP contribution in [0.1, 0.15) is 51.4 Å². The van der Waals surface area contributed by atoms with Crippen LogP contribution in [0.4, 0.5) is 0 Å². The highest BCUT2D eigenvalue weighted by molar-refractivity contribution is 5.84. The first-order valence-corrected chi connectivity index (χ1v) is 8.13. The first-order valence-electron chi connectivity index (χ1n) is 8.13. The van der Waals surface area contributed by atoms with E-state index in [2.05, 4.69) is 5.32 Å². The maximum absolute atomic E-state index is 12.6. The number of carboxylic acid groups (broad SMARTS) is 1. The average Bonchev–Trinajstić information content (AvgIpc) is 2.75. The van der Waals surface area contributed by atoms with Gasteiger partial charge < -0.3 is 10.4 Å². The number of hydrogen-bond acceptors (Lipinski definition) is 2. The third-order valence-electron chi connectivity index (χ3n) is 6.48. The summed E-state index contributed by atoms with van der Waals surface area (Å²) in [6, 6.07) is 0. The number of amides is 1. The van der Waals surface area contributed by atoms with E-state index in [1.54, 1.807) is 0 Å². The van der Waals surface area contributed by atoms with Crippen LogP contribution in [0.25, 0.3) is 0 Å². The lowest BCUT2D eigenvalue weighted by atomic mass is 9.92. The van der Waals surface area contributed by atoms with Gasteiger partial charge in [-0.25, -0.2) is 0 Å². The van der Waals surface area contributed by atoms with E-state index in [-0.39, 0.29) is 18.2 Å². The second-order valence-corrected chi connectivity index (χ2v) is 7.56. The van der Waals surface area contributed by atoms with Crippen molar-refractivity contribution in [3.05, 3.63) is 0 Å². The molecule has 4 heteroatoms. The number of rotatable bonds is 4. The van der Waals surface area contributed by atoms with Crippen molar-refractivity contribution in [2.45, 2.75) is 56.9 Å². The van der Waals surface area contributed by atoms with Gasteiger partial charge in [0.25, 0.3) is 0 Å². The lowest BCUT2D eigenvalue weighted by Gasteiger charge is -2.29. The van der Waals surface area contributed by atoms with Crippen LogP contribution in [-0.2, 0) is 9.59 Å². The topological polar surface area (TPSA) is 66.4 Å². The Bertz CT molecular complexity index is 439. The monoisotopic (exact) mass is 277 g/mol. The van der Waals surface area contributed by atoms with Crippen molar-refractivity contribution in [1.82, 2.24) is 5.32 Å². The van der Waals surface area contributed by atoms with Gasteiger partial charge in [0.1, 0.15) is 0 Å². The zero-order chi connectivity index (χ0) is 13.9. The SMILES string of the molecule is O=C(O)CC1(NC(=O)C2C3C4CCC(C4)C23)CCCC1. The lowest BCUT2D eigenvalue weighted by Crippen LogP contribution is -2.49. The molecule has 0 aliphatic heterocycles. The Morgan fingerprint density at radius 2 is 1.70 bits per heavy atom. The summed E-state index contributed by atoms with van der Waals surface area (Å²) in [5.41, 5.74) is -0.446. The molecule has 4 fully saturated rings. The highest BCUT2D eigenvalue weighted by Crippen LogP contribution is 2.69. The van der Waals surface area contributed by atoms with Crippen LogP contribution >= 0.6 is 0 Å². The van der Waals surface area contributed by atoms with Crippen LogP contribution < -0.4 is 5.32 Å². The van der Waals surface area contributed by atoms with Gasteiger partial charge in [-0.15, -0.1) is 0 Å². The summed E-state index contributed by atoms with van der Waals surface area (Å²) in [7, 11) is 0. The highest BCUT2D eigenvalue weighted by atomic mass is 16.4. The van der Waals surface area contributed by atoms with Gasteiger partial charge in [0.15, 0.2) is 0 Å². The molecule has 0 aromatic heterocycles. The maximum atomic E-state index is 12.6. The molecular formula is C16H23NO3. The van der Waals surface area contributed by atoms with Crippen molar-refractivity contribution in [2.75, 3.05) is 0 Å². The summed E-state index contributed by atoms with van der Waals surface area (Å²) in [4.78, 5) is 23.7. The zero-order valence-corrected chi connectivity index (χ0v) is 11.8. The van der Waals surface area contributed by atoms with E-state index >= 15 is 0 Å². The molecule has 0 aromatic rings. The van der Waals surface area contributed by atoms with Crippen LogP contribution in [0.5, 0.6) is 0 Å². The van der Waals surface area contributed by atoms with Gasteiger partial charge in [-0.05, 0) is 55.8 Å². The Kier molecular flexibility index (Phi) is 2.67. The van der Waals surface area contributed by atoms with Gasteiger partial charge in [0.05, 0.1) is 12.0 Å². The molecule has 0 saturated heterocycles. The third kappa shape index (κ3) is 1.80. The summed E-state index contributed by atoms with van der Waals surface area (Å²) in [6.07, 6.45) is 7.81. The second kappa shape index (κ2) is 4.22. The van der Waals surface area contributed by atoms with Crippen LogP contribution in [-0.4, -0.2) is 22.5 Å². The van der Waals surface area contributed by atoms with Crippen molar-refractivity contribution in [3.63, 3.8) is 0 Å². The Hall–Kier alpha value is -1.06. The molecule has 1 amide bonds. The summed E-state index contributed by atoms with van der Waals surface area (Å²) >= 11 is 0. The first-order chi connectivity index (χ1) is 9.60. The minimum Gasteiger partial charge on any atom is -0.481 e. The van der Waals surface area contributed by atoms with Gasteiger partial charge in [0.2, 0.25) is 5.91 Å². The number of hydrogen-bond donors (Lipinski definition) is 2. The number of nitrogens with one attached hydrogen (secondary N) is 1. The van der Waals surface area contributed by atoms with E-state index < -0.39 is 11.5 Å². The van der Waals surface area contributed by atoms with E-state index in [1.165, 1.54) is 19.3 Å². The molecule has 4 rings (SSSR count). The largest absolute Gasteiger partial charge is 0.481 e. The second-order valence-electron chi connectivity index (χ2n) is 7.56. The van der Waals surface area contributed by atoms with E-state index in [4.69, 9.17) is 5.11 Å². The molecule has 4 aliphatic rings. The predicted octanol–water partition coefficient (Wildman–Crippen LogP) is 2.18. The molecule has 4 atom stereocenters. The summed E-state index contributed by atoms with van der Waals surface area (Å²) < 4.78 is 0. The predicted molar refractivity (Wildman–Crippen MR) is 72.9 cm³/mol. The van der Waals surface area contributed by atoms with Crippen LogP contribution in [0, 0.1) is 29.6 Å². The molecule has 0 aromatic carbocycles. The van der Waals surface area contributed by atoms with Crippen molar-refractivity contribution in [3.8, 4) is 0 Å². The highest BCUT2D eigenvalue weighted by Gasteiger charge is 2.67. The third-order valence-corrected chi connectivity index (χ3v) is 6.48. The Labute approximate surface area is 119 Å². The molecule has 20 heavy (non-hydrogen) atoms. The molecule has 4 aliphatic carbocycles. The smallest absolute Gasteiger partial charge is 0.305 e. The molecule has 0 spiro atoms. The van der Waals surface area contributed by atoms with Gasteiger partial charge >= 0.3 is 5.97 Å². The van der Waals surface area contributed by atoms with Gasteiger partial charge in [-0.2, -0.15) is 0 Å². The van der Waals surface area contributed by atoms with E-state index in [0.717, 1.165) is 37.5 Å². The number of carboxylic acids is 1. The number of carbonyl (C=O) groups is 2. The number of carbonyl (C=O) groups excluding carboxylic acids is 1. The normalized spacial score (nSPS) is 43.3. The number of aliphatic carboxylic acids is 1. The molecule has 4 saturated carbocycles. The minimum atomic E-state index is -0.789. The first kappa shape index (κ1) is 12.7. The van der Waals surface area contributed by atoms with Gasteiger partial charge in [-0.1, -0.05) is 12.8 Å². The Morgan fingerprint density at radius 3 is 2.25 bits per heavy atom. The molecule has 2 bridgehead atoms. The molecule has 110 valence electrons. The van der Waals surface area contributed by atoms with Crippen molar-refractivity contribution < 1.29 is 14.7 Å². The van der Waals surface area contributed by atoms with Crippen molar-refractivity contribution in [2.24, 2.45) is 29.6 Å². The fraction of sp³-hybridized carbons (Fsp3) is 0.875. The summed E-state index contributed by atoms with van der Waals surface area (Å²) in [5.74, 6) is 2.45. The van der Waals surface area contributed by atoms with E-state index in [0.29, 0.717) is 11.8 Å². The molecule has 2 N–H and O–H groups in total. The molecular weight excluding hydrogens is 254 g/mol. The molecule has 0 heterocycles. The summed E-state index contributed by atoms with van der Waals surface area (Å²) in [5, 5.41) is 12.3. The minimum absolute atomic E-state index is 0.0909. The van der Waals surface area contributed by atoms with E-state index in [9.17, 15) is 9.59 Å².